The molecular formula is C20H16ClF3N2O4S. The number of nitrogens with zero attached hydrogens (tertiary/aromatic N) is 1. The monoisotopic (exact) mass is 472 g/mol. The predicted octanol–water partition coefficient (Wildman–Crippen LogP) is 5.12. The standard InChI is InChI=1S/C20H16ClF3N2O4S/c1-26(2)31(28,29)18-11-14(6-7-15(18)21)25-19(27)17-9-8-16(30-17)12-4-3-5-13(10-12)20(22,23)24/h3-11H,1-2H3,(H,25,27). The zero-order valence-electron chi connectivity index (χ0n) is 16.2. The van der Waals surface area contributed by atoms with E-state index >= 15 is 0 Å². The van der Waals surface area contributed by atoms with E-state index in [0.29, 0.717) is 0 Å². The van der Waals surface area contributed by atoms with E-state index in [1.165, 1.54) is 56.6 Å². The zero-order chi connectivity index (χ0) is 23.0. The van der Waals surface area contributed by atoms with E-state index in [-0.39, 0.29) is 32.7 Å². The van der Waals surface area contributed by atoms with Crippen LogP contribution in [0.2, 0.25) is 5.02 Å². The van der Waals surface area contributed by atoms with Crippen LogP contribution in [0.5, 0.6) is 0 Å². The first-order chi connectivity index (χ1) is 14.4. The maximum Gasteiger partial charge on any atom is 0.416 e. The van der Waals surface area contributed by atoms with Gasteiger partial charge in [-0.15, -0.1) is 0 Å². The highest BCUT2D eigenvalue weighted by molar-refractivity contribution is 7.89. The summed E-state index contributed by atoms with van der Waals surface area (Å²) in [6.45, 7) is 0. The molecule has 0 aliphatic heterocycles. The van der Waals surface area contributed by atoms with Crippen LogP contribution in [0, 0.1) is 0 Å². The Hall–Kier alpha value is -2.82. The molecule has 31 heavy (non-hydrogen) atoms. The Balaban J connectivity index is 1.85. The number of sulfonamides is 1. The van der Waals surface area contributed by atoms with Gasteiger partial charge in [-0.1, -0.05) is 23.7 Å². The van der Waals surface area contributed by atoms with Gasteiger partial charge < -0.3 is 9.73 Å². The van der Waals surface area contributed by atoms with Gasteiger partial charge in [-0.2, -0.15) is 13.2 Å². The summed E-state index contributed by atoms with van der Waals surface area (Å²) in [5, 5.41) is 2.47. The third kappa shape index (κ3) is 4.92. The third-order valence-electron chi connectivity index (χ3n) is 4.25. The highest BCUT2D eigenvalue weighted by Gasteiger charge is 2.30. The lowest BCUT2D eigenvalue weighted by Gasteiger charge is -2.14. The molecule has 11 heteroatoms. The summed E-state index contributed by atoms with van der Waals surface area (Å²) in [4.78, 5) is 12.3. The number of anilines is 1. The lowest BCUT2D eigenvalue weighted by molar-refractivity contribution is -0.137. The van der Waals surface area contributed by atoms with Crippen LogP contribution in [-0.4, -0.2) is 32.7 Å². The molecule has 3 aromatic rings. The summed E-state index contributed by atoms with van der Waals surface area (Å²) in [5.41, 5.74) is -0.547. The number of rotatable bonds is 5. The van der Waals surface area contributed by atoms with E-state index in [9.17, 15) is 26.4 Å². The highest BCUT2D eigenvalue weighted by Crippen LogP contribution is 2.33. The number of carbonyl (C=O) groups excluding carboxylic acids is 1. The van der Waals surface area contributed by atoms with Crippen LogP contribution in [0.25, 0.3) is 11.3 Å². The van der Waals surface area contributed by atoms with Gasteiger partial charge in [0, 0.05) is 25.3 Å². The van der Waals surface area contributed by atoms with Crippen molar-refractivity contribution in [3.63, 3.8) is 0 Å². The summed E-state index contributed by atoms with van der Waals surface area (Å²) in [6, 6.07) is 11.1. The summed E-state index contributed by atoms with van der Waals surface area (Å²) in [5.74, 6) is -0.809. The van der Waals surface area contributed by atoms with Gasteiger partial charge in [-0.3, -0.25) is 4.79 Å². The molecule has 0 unspecified atom stereocenters. The van der Waals surface area contributed by atoms with Crippen molar-refractivity contribution in [2.45, 2.75) is 11.1 Å². The molecule has 0 bridgehead atoms. The fourth-order valence-corrected chi connectivity index (χ4v) is 4.03. The van der Waals surface area contributed by atoms with Crippen molar-refractivity contribution in [2.75, 3.05) is 19.4 Å². The molecule has 0 radical (unpaired) electrons. The van der Waals surface area contributed by atoms with Crippen molar-refractivity contribution in [1.82, 2.24) is 4.31 Å². The average molecular weight is 473 g/mol. The van der Waals surface area contributed by atoms with Crippen LogP contribution in [0.15, 0.2) is 63.9 Å². The van der Waals surface area contributed by atoms with Gasteiger partial charge in [-0.25, -0.2) is 12.7 Å². The topological polar surface area (TPSA) is 79.6 Å². The van der Waals surface area contributed by atoms with Gasteiger partial charge in [-0.05, 0) is 42.5 Å². The van der Waals surface area contributed by atoms with Crippen molar-refractivity contribution < 1.29 is 30.8 Å². The average Bonchev–Trinajstić information content (AvgIpc) is 3.19. The Kier molecular flexibility index (Phi) is 6.17. The molecule has 0 spiro atoms. The van der Waals surface area contributed by atoms with E-state index in [2.05, 4.69) is 5.32 Å². The third-order valence-corrected chi connectivity index (χ3v) is 6.55. The fraction of sp³-hybridized carbons (Fsp3) is 0.150. The number of furan rings is 1. The van der Waals surface area contributed by atoms with Gasteiger partial charge in [0.25, 0.3) is 5.91 Å². The second-order valence-corrected chi connectivity index (χ2v) is 9.16. The van der Waals surface area contributed by atoms with Crippen molar-refractivity contribution in [3.8, 4) is 11.3 Å². The minimum absolute atomic E-state index is 0.0171. The Bertz CT molecular complexity index is 1240. The molecule has 0 saturated carbocycles. The molecule has 164 valence electrons. The molecule has 0 fully saturated rings. The van der Waals surface area contributed by atoms with Crippen LogP contribution in [0.4, 0.5) is 18.9 Å². The number of nitrogens with one attached hydrogen (secondary N) is 1. The molecule has 2 aromatic carbocycles. The van der Waals surface area contributed by atoms with Crippen molar-refractivity contribution in [3.05, 3.63) is 70.9 Å². The number of hydrogen-bond acceptors (Lipinski definition) is 4. The van der Waals surface area contributed by atoms with Crippen molar-refractivity contribution in [1.29, 1.82) is 0 Å². The van der Waals surface area contributed by atoms with E-state index in [0.717, 1.165) is 16.4 Å². The minimum Gasteiger partial charge on any atom is -0.451 e. The number of amides is 1. The van der Waals surface area contributed by atoms with Gasteiger partial charge >= 0.3 is 6.18 Å². The van der Waals surface area contributed by atoms with E-state index in [1.807, 2.05) is 0 Å². The number of hydrogen-bond donors (Lipinski definition) is 1. The van der Waals surface area contributed by atoms with E-state index in [1.54, 1.807) is 0 Å². The lowest BCUT2D eigenvalue weighted by atomic mass is 10.1. The molecular weight excluding hydrogens is 457 g/mol. The van der Waals surface area contributed by atoms with Crippen molar-refractivity contribution in [2.24, 2.45) is 0 Å². The first-order valence-corrected chi connectivity index (χ1v) is 10.5. The van der Waals surface area contributed by atoms with Gasteiger partial charge in [0.2, 0.25) is 10.0 Å². The number of benzene rings is 2. The molecule has 0 atom stereocenters. The first kappa shape index (κ1) is 22.9. The smallest absolute Gasteiger partial charge is 0.416 e. The minimum atomic E-state index is -4.51. The Morgan fingerprint density at radius 3 is 2.42 bits per heavy atom. The van der Waals surface area contributed by atoms with Crippen LogP contribution < -0.4 is 5.32 Å². The normalized spacial score (nSPS) is 12.2. The molecule has 0 aliphatic rings. The maximum absolute atomic E-state index is 12.9. The maximum atomic E-state index is 12.9. The molecule has 1 heterocycles. The van der Waals surface area contributed by atoms with Gasteiger partial charge in [0.05, 0.1) is 10.6 Å². The summed E-state index contributed by atoms with van der Waals surface area (Å²) < 4.78 is 69.8. The molecule has 6 nitrogen and oxygen atoms in total. The molecule has 1 aromatic heterocycles. The van der Waals surface area contributed by atoms with Gasteiger partial charge in [0.15, 0.2) is 5.76 Å². The van der Waals surface area contributed by atoms with Crippen LogP contribution in [-0.2, 0) is 16.2 Å². The van der Waals surface area contributed by atoms with Gasteiger partial charge in [0.1, 0.15) is 10.7 Å². The van der Waals surface area contributed by atoms with Crippen LogP contribution in [0.1, 0.15) is 16.1 Å². The lowest BCUT2D eigenvalue weighted by Crippen LogP contribution is -2.22. The number of alkyl halides is 3. The van der Waals surface area contributed by atoms with E-state index in [4.69, 9.17) is 16.0 Å². The second kappa shape index (κ2) is 8.37. The number of halogens is 4. The van der Waals surface area contributed by atoms with E-state index < -0.39 is 27.7 Å². The summed E-state index contributed by atoms with van der Waals surface area (Å²) in [6.07, 6.45) is -4.51. The summed E-state index contributed by atoms with van der Waals surface area (Å²) >= 11 is 5.98. The quantitative estimate of drug-likeness (QED) is 0.559. The molecule has 1 amide bonds. The van der Waals surface area contributed by atoms with Crippen LogP contribution >= 0.6 is 11.6 Å². The highest BCUT2D eigenvalue weighted by atomic mass is 35.5. The summed E-state index contributed by atoms with van der Waals surface area (Å²) in [7, 11) is -1.16. The first-order valence-electron chi connectivity index (χ1n) is 8.70. The zero-order valence-corrected chi connectivity index (χ0v) is 17.8. The largest absolute Gasteiger partial charge is 0.451 e. The van der Waals surface area contributed by atoms with Crippen LogP contribution in [0.3, 0.4) is 0 Å². The predicted molar refractivity (Wildman–Crippen MR) is 109 cm³/mol. The molecule has 3 rings (SSSR count). The Morgan fingerprint density at radius 1 is 1.06 bits per heavy atom. The fourth-order valence-electron chi connectivity index (χ4n) is 2.63. The molecule has 1 N–H and O–H groups in total. The second-order valence-electron chi connectivity index (χ2n) is 6.63. The Morgan fingerprint density at radius 2 is 1.77 bits per heavy atom. The van der Waals surface area contributed by atoms with Crippen molar-refractivity contribution >= 4 is 33.2 Å². The SMILES string of the molecule is CN(C)S(=O)(=O)c1cc(NC(=O)c2ccc(-c3cccc(C(F)(F)F)c3)o2)ccc1Cl. The number of carbonyl (C=O) groups is 1. The Labute approximate surface area is 181 Å². The molecule has 0 saturated heterocycles. The molecule has 0 aliphatic carbocycles.